The van der Waals surface area contributed by atoms with Gasteiger partial charge in [0, 0.05) is 36.6 Å². The fourth-order valence-electron chi connectivity index (χ4n) is 3.12. The van der Waals surface area contributed by atoms with Gasteiger partial charge in [-0.3, -0.25) is 0 Å². The lowest BCUT2D eigenvalue weighted by Crippen LogP contribution is -2.48. The number of carbonyl (C=O) groups is 1. The van der Waals surface area contributed by atoms with Crippen LogP contribution in [0.1, 0.15) is 32.8 Å². The first kappa shape index (κ1) is 19.9. The molecule has 0 unspecified atom stereocenters. The van der Waals surface area contributed by atoms with E-state index in [1.54, 1.807) is 18.2 Å². The van der Waals surface area contributed by atoms with Crippen LogP contribution in [0.15, 0.2) is 57.3 Å². The van der Waals surface area contributed by atoms with E-state index >= 15 is 0 Å². The zero-order chi connectivity index (χ0) is 20.3. The van der Waals surface area contributed by atoms with Crippen molar-refractivity contribution >= 4 is 16.9 Å². The fraction of sp³-hybridized carbons (Fsp3) is 0.364. The van der Waals surface area contributed by atoms with Gasteiger partial charge < -0.3 is 19.0 Å². The smallest absolute Gasteiger partial charge is 0.336 e. The maximum Gasteiger partial charge on any atom is 0.336 e. The minimum Gasteiger partial charge on any atom is -0.484 e. The first-order chi connectivity index (χ1) is 13.3. The Balaban J connectivity index is 1.79. The first-order valence-corrected chi connectivity index (χ1v) is 9.20. The summed E-state index contributed by atoms with van der Waals surface area (Å²) in [5, 5.41) is 9.62. The van der Waals surface area contributed by atoms with Gasteiger partial charge in [0.15, 0.2) is 0 Å². The lowest BCUT2D eigenvalue weighted by molar-refractivity contribution is -0.155. The largest absolute Gasteiger partial charge is 0.484 e. The molecule has 6 heteroatoms. The second kappa shape index (κ2) is 8.02. The van der Waals surface area contributed by atoms with Gasteiger partial charge in [0.05, 0.1) is 0 Å². The number of allylic oxidation sites excluding steroid dienone is 2. The number of hydrogen-bond donors (Lipinski definition) is 1. The van der Waals surface area contributed by atoms with E-state index in [9.17, 15) is 9.59 Å². The predicted octanol–water partition coefficient (Wildman–Crippen LogP) is 3.30. The Morgan fingerprint density at radius 3 is 2.86 bits per heavy atom. The van der Waals surface area contributed by atoms with Gasteiger partial charge in [-0.2, -0.15) is 0 Å². The van der Waals surface area contributed by atoms with Crippen molar-refractivity contribution in [1.82, 2.24) is 0 Å². The molecule has 1 aromatic carbocycles. The molecule has 28 heavy (non-hydrogen) atoms. The highest BCUT2D eigenvalue weighted by molar-refractivity contribution is 5.83. The van der Waals surface area contributed by atoms with Crippen LogP contribution in [0.5, 0.6) is 5.75 Å². The standard InChI is InChI=1S/C22H24O6/c1-14(5-4-10-23)6-8-21(25)27-19-12-16-11-15-7-9-20(24)26-17(15)13-18(16)28-22(19,2)3/h5-9,11,13,19,23H,4,10,12H2,1-3H3/b8-6+,14-5+/t19-/m0/s1. The van der Waals surface area contributed by atoms with Crippen molar-refractivity contribution < 1.29 is 23.8 Å². The van der Waals surface area contributed by atoms with Crippen LogP contribution in [0.25, 0.3) is 11.0 Å². The molecule has 0 radical (unpaired) electrons. The van der Waals surface area contributed by atoms with Gasteiger partial charge in [-0.25, -0.2) is 9.59 Å². The minimum atomic E-state index is -0.735. The van der Waals surface area contributed by atoms with Crippen LogP contribution in [0.4, 0.5) is 0 Å². The average Bonchev–Trinajstić information content (AvgIpc) is 2.63. The van der Waals surface area contributed by atoms with E-state index in [-0.39, 0.29) is 6.61 Å². The van der Waals surface area contributed by atoms with Crippen molar-refractivity contribution in [3.05, 3.63) is 64.1 Å². The Labute approximate surface area is 163 Å². The summed E-state index contributed by atoms with van der Waals surface area (Å²) in [4.78, 5) is 23.7. The van der Waals surface area contributed by atoms with Gasteiger partial charge in [-0.1, -0.05) is 17.7 Å². The summed E-state index contributed by atoms with van der Waals surface area (Å²) in [5.74, 6) is 0.172. The van der Waals surface area contributed by atoms with Crippen LogP contribution in [-0.4, -0.2) is 29.4 Å². The number of fused-ring (bicyclic) bond motifs is 2. The highest BCUT2D eigenvalue weighted by atomic mass is 16.6. The first-order valence-electron chi connectivity index (χ1n) is 9.20. The van der Waals surface area contributed by atoms with Crippen LogP contribution >= 0.6 is 0 Å². The van der Waals surface area contributed by atoms with Crippen molar-refractivity contribution in [3.8, 4) is 5.75 Å². The summed E-state index contributed by atoms with van der Waals surface area (Å²) in [7, 11) is 0. The Hall–Kier alpha value is -2.86. The molecule has 0 bridgehead atoms. The Morgan fingerprint density at radius 2 is 2.11 bits per heavy atom. The second-order valence-electron chi connectivity index (χ2n) is 7.38. The van der Waals surface area contributed by atoms with Crippen LogP contribution < -0.4 is 10.4 Å². The van der Waals surface area contributed by atoms with Crippen molar-refractivity contribution in [3.63, 3.8) is 0 Å². The van der Waals surface area contributed by atoms with E-state index in [1.807, 2.05) is 32.9 Å². The molecule has 3 rings (SSSR count). The number of aliphatic hydroxyl groups is 1. The van der Waals surface area contributed by atoms with Gasteiger partial charge in [0.1, 0.15) is 23.0 Å². The monoisotopic (exact) mass is 384 g/mol. The summed E-state index contributed by atoms with van der Waals surface area (Å²) in [6.07, 6.45) is 5.46. The van der Waals surface area contributed by atoms with Gasteiger partial charge >= 0.3 is 11.6 Å². The molecule has 1 N–H and O–H groups in total. The molecule has 1 aliphatic rings. The summed E-state index contributed by atoms with van der Waals surface area (Å²) < 4.78 is 16.9. The summed E-state index contributed by atoms with van der Waals surface area (Å²) in [6, 6.07) is 6.67. The third-order valence-electron chi connectivity index (χ3n) is 4.69. The molecule has 0 spiro atoms. The fourth-order valence-corrected chi connectivity index (χ4v) is 3.12. The van der Waals surface area contributed by atoms with Crippen molar-refractivity contribution in [1.29, 1.82) is 0 Å². The average molecular weight is 384 g/mol. The third kappa shape index (κ3) is 4.51. The number of ether oxygens (including phenoxy) is 2. The summed E-state index contributed by atoms with van der Waals surface area (Å²) >= 11 is 0. The van der Waals surface area contributed by atoms with Gasteiger partial charge in [-0.15, -0.1) is 0 Å². The summed E-state index contributed by atoms with van der Waals surface area (Å²) in [6.45, 7) is 5.64. The molecule has 0 saturated carbocycles. The second-order valence-corrected chi connectivity index (χ2v) is 7.38. The van der Waals surface area contributed by atoms with Crippen molar-refractivity contribution in [2.75, 3.05) is 6.61 Å². The number of carbonyl (C=O) groups excluding carboxylic acids is 1. The molecular weight excluding hydrogens is 360 g/mol. The topological polar surface area (TPSA) is 86.0 Å². The summed E-state index contributed by atoms with van der Waals surface area (Å²) in [5.41, 5.74) is 1.08. The molecule has 1 atom stereocenters. The number of esters is 1. The normalized spacial score (nSPS) is 18.7. The molecule has 0 amide bonds. The zero-order valence-corrected chi connectivity index (χ0v) is 16.2. The quantitative estimate of drug-likeness (QED) is 0.368. The van der Waals surface area contributed by atoms with E-state index in [0.29, 0.717) is 24.2 Å². The Morgan fingerprint density at radius 1 is 1.32 bits per heavy atom. The number of hydrogen-bond acceptors (Lipinski definition) is 6. The van der Waals surface area contributed by atoms with E-state index in [1.165, 1.54) is 12.1 Å². The van der Waals surface area contributed by atoms with Crippen LogP contribution in [0.2, 0.25) is 0 Å². The number of aliphatic hydroxyl groups excluding tert-OH is 1. The zero-order valence-electron chi connectivity index (χ0n) is 16.2. The molecule has 0 saturated heterocycles. The molecule has 148 valence electrons. The maximum atomic E-state index is 12.2. The van der Waals surface area contributed by atoms with Crippen LogP contribution in [0.3, 0.4) is 0 Å². The molecule has 0 aliphatic carbocycles. The molecule has 6 nitrogen and oxygen atoms in total. The molecule has 2 heterocycles. The van der Waals surface area contributed by atoms with Crippen LogP contribution in [0, 0.1) is 0 Å². The van der Waals surface area contributed by atoms with E-state index in [2.05, 4.69) is 0 Å². The van der Waals surface area contributed by atoms with Crippen LogP contribution in [-0.2, 0) is 16.0 Å². The van der Waals surface area contributed by atoms with E-state index in [4.69, 9.17) is 19.0 Å². The van der Waals surface area contributed by atoms with E-state index < -0.39 is 23.3 Å². The number of benzene rings is 1. The maximum absolute atomic E-state index is 12.2. The molecular formula is C22H24O6. The van der Waals surface area contributed by atoms with Gasteiger partial charge in [0.25, 0.3) is 0 Å². The highest BCUT2D eigenvalue weighted by Crippen LogP contribution is 2.37. The third-order valence-corrected chi connectivity index (χ3v) is 4.69. The molecule has 1 aromatic heterocycles. The number of rotatable bonds is 5. The molecule has 1 aliphatic heterocycles. The lowest BCUT2D eigenvalue weighted by atomic mass is 9.90. The van der Waals surface area contributed by atoms with Gasteiger partial charge in [-0.05, 0) is 44.9 Å². The lowest BCUT2D eigenvalue weighted by Gasteiger charge is -2.39. The Kier molecular flexibility index (Phi) is 5.70. The highest BCUT2D eigenvalue weighted by Gasteiger charge is 2.39. The molecule has 0 fully saturated rings. The SMILES string of the molecule is CC(/C=C/C(=O)O[C@H]1Cc2cc3ccc(=O)oc3cc2OC1(C)C)=C\CCO. The molecule has 2 aromatic rings. The minimum absolute atomic E-state index is 0.0702. The predicted molar refractivity (Wildman–Crippen MR) is 105 cm³/mol. The van der Waals surface area contributed by atoms with Gasteiger partial charge in [0.2, 0.25) is 0 Å². The van der Waals surface area contributed by atoms with Crippen molar-refractivity contribution in [2.24, 2.45) is 0 Å². The van der Waals surface area contributed by atoms with E-state index in [0.717, 1.165) is 16.5 Å². The van der Waals surface area contributed by atoms with Crippen molar-refractivity contribution in [2.45, 2.75) is 45.3 Å². The Bertz CT molecular complexity index is 996.